The highest BCUT2D eigenvalue weighted by Gasteiger charge is 2.44. The van der Waals surface area contributed by atoms with Crippen molar-refractivity contribution in [3.63, 3.8) is 0 Å². The Labute approximate surface area is 198 Å². The van der Waals surface area contributed by atoms with Crippen LogP contribution in [0.4, 0.5) is 18.0 Å². The molecule has 2 amide bonds. The number of hydrogen-bond donors (Lipinski definition) is 3. The second kappa shape index (κ2) is 10.3. The molecule has 0 radical (unpaired) electrons. The largest absolute Gasteiger partial charge is 0.453 e. The topological polar surface area (TPSA) is 85.9 Å². The first-order valence-electron chi connectivity index (χ1n) is 10.4. The van der Waals surface area contributed by atoms with Gasteiger partial charge in [-0.3, -0.25) is 19.9 Å². The fraction of sp³-hybridized carbons (Fsp3) is 0.524. The van der Waals surface area contributed by atoms with Crippen molar-refractivity contribution in [3.05, 3.63) is 40.5 Å². The van der Waals surface area contributed by atoms with Gasteiger partial charge in [0, 0.05) is 23.9 Å². The monoisotopic (exact) mass is 533 g/mol. The Bertz CT molecular complexity index is 894. The SMILES string of the molecule is COC(=O)NC(C(=O)N1C(c2ccc(Br)cc2)=CNC1C1CN(CC(F)(F)F)CN1)C(C)C. The first kappa shape index (κ1) is 25.3. The molecule has 33 heavy (non-hydrogen) atoms. The highest BCUT2D eigenvalue weighted by molar-refractivity contribution is 9.10. The van der Waals surface area contributed by atoms with Crippen LogP contribution in [-0.2, 0) is 9.53 Å². The summed E-state index contributed by atoms with van der Waals surface area (Å²) >= 11 is 3.39. The summed E-state index contributed by atoms with van der Waals surface area (Å²) in [4.78, 5) is 28.4. The normalized spacial score (nSPS) is 22.2. The van der Waals surface area contributed by atoms with E-state index in [1.807, 2.05) is 24.3 Å². The molecule has 3 N–H and O–H groups in total. The minimum absolute atomic E-state index is 0.0476. The summed E-state index contributed by atoms with van der Waals surface area (Å²) in [5.74, 6) is -0.655. The molecule has 1 saturated heterocycles. The molecular formula is C21H27BrF3N5O3. The summed E-state index contributed by atoms with van der Waals surface area (Å²) in [7, 11) is 1.21. The molecule has 3 unspecified atom stereocenters. The lowest BCUT2D eigenvalue weighted by molar-refractivity contribution is -0.144. The lowest BCUT2D eigenvalue weighted by Crippen LogP contribution is -2.58. The second-order valence-corrected chi connectivity index (χ2v) is 9.22. The molecule has 3 rings (SSSR count). The molecule has 0 spiro atoms. The Morgan fingerprint density at radius 2 is 1.94 bits per heavy atom. The van der Waals surface area contributed by atoms with Crippen molar-refractivity contribution in [1.29, 1.82) is 0 Å². The van der Waals surface area contributed by atoms with Gasteiger partial charge in [0.05, 0.1) is 25.4 Å². The molecule has 12 heteroatoms. The molecule has 1 aromatic rings. The zero-order valence-electron chi connectivity index (χ0n) is 18.4. The third kappa shape index (κ3) is 6.18. The number of nitrogens with one attached hydrogen (secondary N) is 3. The molecule has 1 aromatic carbocycles. The van der Waals surface area contributed by atoms with E-state index in [4.69, 9.17) is 0 Å². The zero-order valence-corrected chi connectivity index (χ0v) is 20.0. The number of nitrogens with zero attached hydrogens (tertiary/aromatic N) is 2. The Morgan fingerprint density at radius 3 is 2.52 bits per heavy atom. The number of methoxy groups -OCH3 is 1. The van der Waals surface area contributed by atoms with Gasteiger partial charge in [0.25, 0.3) is 5.91 Å². The van der Waals surface area contributed by atoms with E-state index in [-0.39, 0.29) is 19.1 Å². The van der Waals surface area contributed by atoms with Crippen LogP contribution in [0.5, 0.6) is 0 Å². The van der Waals surface area contributed by atoms with Crippen LogP contribution in [0.15, 0.2) is 34.9 Å². The maximum absolute atomic E-state index is 13.7. The number of halogens is 4. The highest BCUT2D eigenvalue weighted by atomic mass is 79.9. The van der Waals surface area contributed by atoms with Crippen LogP contribution in [-0.4, -0.2) is 73.1 Å². The number of rotatable bonds is 6. The van der Waals surface area contributed by atoms with Gasteiger partial charge < -0.3 is 15.4 Å². The van der Waals surface area contributed by atoms with Crippen molar-refractivity contribution in [3.8, 4) is 0 Å². The molecular weight excluding hydrogens is 507 g/mol. The Balaban J connectivity index is 1.89. The minimum atomic E-state index is -4.32. The number of hydrogen-bond acceptors (Lipinski definition) is 6. The highest BCUT2D eigenvalue weighted by Crippen LogP contribution is 2.30. The van der Waals surface area contributed by atoms with Crippen LogP contribution in [0.3, 0.4) is 0 Å². The van der Waals surface area contributed by atoms with E-state index in [9.17, 15) is 22.8 Å². The van der Waals surface area contributed by atoms with E-state index in [1.165, 1.54) is 16.9 Å². The third-order valence-electron chi connectivity index (χ3n) is 5.51. The van der Waals surface area contributed by atoms with Gasteiger partial charge in [-0.1, -0.05) is 41.9 Å². The maximum atomic E-state index is 13.7. The van der Waals surface area contributed by atoms with E-state index in [1.54, 1.807) is 20.0 Å². The maximum Gasteiger partial charge on any atom is 0.407 e. The summed E-state index contributed by atoms with van der Waals surface area (Å²) in [5, 5.41) is 8.81. The fourth-order valence-electron chi connectivity index (χ4n) is 3.94. The standard InChI is InChI=1S/C21H27BrF3N5O3/c1-12(2)17(28-20(32)33-3)19(31)30-16(13-4-6-14(22)7-5-13)8-26-18(30)15-9-29(11-27-15)10-21(23,24)25/h4-8,12,15,17-18,26-27H,9-11H2,1-3H3,(H,28,32). The van der Waals surface area contributed by atoms with Crippen molar-refractivity contribution in [1.82, 2.24) is 25.8 Å². The number of carbonyl (C=O) groups is 2. The van der Waals surface area contributed by atoms with Crippen LogP contribution < -0.4 is 16.0 Å². The van der Waals surface area contributed by atoms with Gasteiger partial charge in [-0.25, -0.2) is 4.79 Å². The number of amides is 2. The number of carbonyl (C=O) groups excluding carboxylic acids is 2. The summed E-state index contributed by atoms with van der Waals surface area (Å²) in [6, 6.07) is 5.96. The second-order valence-electron chi connectivity index (χ2n) is 8.31. The van der Waals surface area contributed by atoms with Gasteiger partial charge in [0.15, 0.2) is 0 Å². The molecule has 2 heterocycles. The summed E-state index contributed by atoms with van der Waals surface area (Å²) in [5.41, 5.74) is 1.30. The average molecular weight is 534 g/mol. The molecule has 1 fully saturated rings. The van der Waals surface area contributed by atoms with E-state index in [0.29, 0.717) is 5.70 Å². The van der Waals surface area contributed by atoms with Crippen molar-refractivity contribution in [2.75, 3.05) is 26.9 Å². The van der Waals surface area contributed by atoms with Gasteiger partial charge in [0.1, 0.15) is 12.2 Å². The lowest BCUT2D eigenvalue weighted by atomic mass is 10.0. The van der Waals surface area contributed by atoms with Crippen LogP contribution in [0, 0.1) is 5.92 Å². The molecule has 0 aromatic heterocycles. The number of benzene rings is 1. The van der Waals surface area contributed by atoms with E-state index >= 15 is 0 Å². The lowest BCUT2D eigenvalue weighted by Gasteiger charge is -2.35. The van der Waals surface area contributed by atoms with Crippen molar-refractivity contribution in [2.45, 2.75) is 38.3 Å². The van der Waals surface area contributed by atoms with Crippen molar-refractivity contribution < 1.29 is 27.5 Å². The van der Waals surface area contributed by atoms with E-state index in [0.717, 1.165) is 10.0 Å². The van der Waals surface area contributed by atoms with Crippen LogP contribution in [0.2, 0.25) is 0 Å². The predicted molar refractivity (Wildman–Crippen MR) is 119 cm³/mol. The van der Waals surface area contributed by atoms with Gasteiger partial charge in [-0.15, -0.1) is 0 Å². The van der Waals surface area contributed by atoms with Crippen LogP contribution in [0.25, 0.3) is 5.70 Å². The minimum Gasteiger partial charge on any atom is -0.453 e. The van der Waals surface area contributed by atoms with Gasteiger partial charge in [-0.2, -0.15) is 13.2 Å². The van der Waals surface area contributed by atoms with E-state index in [2.05, 4.69) is 36.6 Å². The molecule has 0 aliphatic carbocycles. The average Bonchev–Trinajstić information content (AvgIpc) is 3.37. The third-order valence-corrected chi connectivity index (χ3v) is 6.04. The molecule has 0 bridgehead atoms. The molecule has 2 aliphatic heterocycles. The summed E-state index contributed by atoms with van der Waals surface area (Å²) in [6.45, 7) is 2.69. The zero-order chi connectivity index (χ0) is 24.3. The van der Waals surface area contributed by atoms with Crippen molar-refractivity contribution >= 4 is 33.6 Å². The Morgan fingerprint density at radius 1 is 1.27 bits per heavy atom. The molecule has 8 nitrogen and oxygen atoms in total. The molecule has 182 valence electrons. The van der Waals surface area contributed by atoms with Gasteiger partial charge in [0.2, 0.25) is 0 Å². The summed E-state index contributed by atoms with van der Waals surface area (Å²) in [6.07, 6.45) is -4.02. The van der Waals surface area contributed by atoms with Gasteiger partial charge in [-0.05, 0) is 23.6 Å². The number of alkyl halides is 3. The first-order chi connectivity index (χ1) is 15.5. The molecule has 2 aliphatic rings. The Kier molecular flexibility index (Phi) is 7.91. The Hall–Kier alpha value is -2.31. The van der Waals surface area contributed by atoms with Crippen molar-refractivity contribution in [2.24, 2.45) is 5.92 Å². The van der Waals surface area contributed by atoms with E-state index < -0.39 is 43.0 Å². The first-order valence-corrected chi connectivity index (χ1v) is 11.2. The van der Waals surface area contributed by atoms with Crippen LogP contribution >= 0.6 is 15.9 Å². The predicted octanol–water partition coefficient (Wildman–Crippen LogP) is 2.68. The number of ether oxygens (including phenoxy) is 1. The molecule has 0 saturated carbocycles. The van der Waals surface area contributed by atoms with Gasteiger partial charge >= 0.3 is 12.3 Å². The fourth-order valence-corrected chi connectivity index (χ4v) is 4.21. The van der Waals surface area contributed by atoms with Crippen LogP contribution in [0.1, 0.15) is 19.4 Å². The quantitative estimate of drug-likeness (QED) is 0.521. The molecule has 3 atom stereocenters. The summed E-state index contributed by atoms with van der Waals surface area (Å²) < 4.78 is 44.1. The number of alkyl carbamates (subject to hydrolysis) is 1. The smallest absolute Gasteiger partial charge is 0.407 e.